The molecule has 0 saturated heterocycles. The maximum absolute atomic E-state index is 12.5. The third-order valence-corrected chi connectivity index (χ3v) is 5.94. The van der Waals surface area contributed by atoms with Crippen molar-refractivity contribution in [3.8, 4) is 6.07 Å². The van der Waals surface area contributed by atoms with Gasteiger partial charge < -0.3 is 4.98 Å². The highest BCUT2D eigenvalue weighted by Crippen LogP contribution is 2.33. The van der Waals surface area contributed by atoms with Crippen LogP contribution in [0.25, 0.3) is 21.9 Å². The molecule has 0 atom stereocenters. The van der Waals surface area contributed by atoms with Gasteiger partial charge in [-0.15, -0.1) is 11.3 Å². The molecule has 23 heavy (non-hydrogen) atoms. The maximum atomic E-state index is 12.5. The number of rotatable bonds is 2. The van der Waals surface area contributed by atoms with Crippen molar-refractivity contribution >= 4 is 44.5 Å². The van der Waals surface area contributed by atoms with Crippen molar-refractivity contribution in [1.29, 1.82) is 5.26 Å². The van der Waals surface area contributed by atoms with E-state index in [4.69, 9.17) is 0 Å². The topological polar surface area (TPSA) is 69.5 Å². The molecule has 1 aliphatic carbocycles. The lowest BCUT2D eigenvalue weighted by Crippen LogP contribution is -2.12. The first-order chi connectivity index (χ1) is 11.3. The predicted molar refractivity (Wildman–Crippen MR) is 94.7 cm³/mol. The van der Waals surface area contributed by atoms with Gasteiger partial charge in [-0.3, -0.25) is 4.79 Å². The van der Waals surface area contributed by atoms with Crippen molar-refractivity contribution < 1.29 is 0 Å². The third-order valence-electron chi connectivity index (χ3n) is 4.05. The number of aryl methyl sites for hydroxylation is 2. The molecule has 114 valence electrons. The van der Waals surface area contributed by atoms with Crippen molar-refractivity contribution in [2.75, 3.05) is 0 Å². The molecule has 0 unspecified atom stereocenters. The molecule has 0 spiro atoms. The second kappa shape index (κ2) is 5.76. The van der Waals surface area contributed by atoms with E-state index in [-0.39, 0.29) is 5.56 Å². The van der Waals surface area contributed by atoms with Gasteiger partial charge in [0.2, 0.25) is 0 Å². The summed E-state index contributed by atoms with van der Waals surface area (Å²) < 4.78 is 0. The van der Waals surface area contributed by atoms with E-state index in [1.165, 1.54) is 11.3 Å². The third kappa shape index (κ3) is 2.52. The van der Waals surface area contributed by atoms with Gasteiger partial charge in [-0.1, -0.05) is 0 Å². The number of hydrogen-bond donors (Lipinski definition) is 1. The van der Waals surface area contributed by atoms with Gasteiger partial charge >= 0.3 is 0 Å². The molecule has 0 amide bonds. The zero-order valence-corrected chi connectivity index (χ0v) is 13.9. The summed E-state index contributed by atoms with van der Waals surface area (Å²) in [6.45, 7) is 0. The van der Waals surface area contributed by atoms with E-state index >= 15 is 0 Å². The number of thiophene rings is 2. The number of aromatic nitrogens is 2. The average Bonchev–Trinajstić information content (AvgIpc) is 3.19. The van der Waals surface area contributed by atoms with Crippen LogP contribution < -0.4 is 5.56 Å². The Bertz CT molecular complexity index is 1000. The number of nitrogens with zero attached hydrogens (tertiary/aromatic N) is 2. The average molecular weight is 339 g/mol. The normalized spacial score (nSPS) is 14.7. The molecule has 1 aliphatic rings. The van der Waals surface area contributed by atoms with Crippen LogP contribution in [0.4, 0.5) is 0 Å². The molecule has 4 rings (SSSR count). The summed E-state index contributed by atoms with van der Waals surface area (Å²) in [6, 6.07) is 4.08. The number of allylic oxidation sites excluding steroid dienone is 1. The van der Waals surface area contributed by atoms with E-state index in [2.05, 4.69) is 16.0 Å². The molecule has 6 heteroatoms. The highest BCUT2D eigenvalue weighted by molar-refractivity contribution is 7.18. The number of fused-ring (bicyclic) bond motifs is 3. The minimum absolute atomic E-state index is 0.129. The van der Waals surface area contributed by atoms with Crippen molar-refractivity contribution in [2.45, 2.75) is 25.7 Å². The minimum atomic E-state index is -0.129. The van der Waals surface area contributed by atoms with E-state index in [9.17, 15) is 10.1 Å². The lowest BCUT2D eigenvalue weighted by molar-refractivity contribution is 0.700. The summed E-state index contributed by atoms with van der Waals surface area (Å²) in [7, 11) is 0. The van der Waals surface area contributed by atoms with Crippen LogP contribution in [0.3, 0.4) is 0 Å². The van der Waals surface area contributed by atoms with Gasteiger partial charge in [0.15, 0.2) is 5.82 Å². The van der Waals surface area contributed by atoms with Crippen LogP contribution in [0.5, 0.6) is 0 Å². The van der Waals surface area contributed by atoms with Crippen LogP contribution in [0.1, 0.15) is 34.7 Å². The number of H-pyrrole nitrogens is 1. The summed E-state index contributed by atoms with van der Waals surface area (Å²) in [6.07, 6.45) is 6.04. The standard InChI is InChI=1S/C17H13N3OS2/c18-8-11(7-10-5-6-22-9-10)15-19-16(21)14-12-3-1-2-4-13(12)23-17(14)20-15/h5-7,9H,1-4H2,(H,19,20,21)/b11-7+. The molecule has 3 aromatic rings. The lowest BCUT2D eigenvalue weighted by atomic mass is 9.97. The molecule has 0 fully saturated rings. The van der Waals surface area contributed by atoms with Crippen molar-refractivity contribution in [3.63, 3.8) is 0 Å². The van der Waals surface area contributed by atoms with E-state index in [0.29, 0.717) is 11.4 Å². The first-order valence-corrected chi connectivity index (χ1v) is 9.21. The van der Waals surface area contributed by atoms with Crippen LogP contribution in [0.2, 0.25) is 0 Å². The molecule has 1 N–H and O–H groups in total. The second-order valence-corrected chi connectivity index (χ2v) is 7.40. The molecule has 0 aliphatic heterocycles. The van der Waals surface area contributed by atoms with Crippen LogP contribution in [-0.2, 0) is 12.8 Å². The van der Waals surface area contributed by atoms with Gasteiger partial charge in [0, 0.05) is 4.88 Å². The summed E-state index contributed by atoms with van der Waals surface area (Å²) in [5.74, 6) is 0.356. The number of nitriles is 1. The van der Waals surface area contributed by atoms with Gasteiger partial charge in [-0.2, -0.15) is 16.6 Å². The summed E-state index contributed by atoms with van der Waals surface area (Å²) in [5, 5.41) is 14.1. The highest BCUT2D eigenvalue weighted by atomic mass is 32.1. The summed E-state index contributed by atoms with van der Waals surface area (Å²) in [4.78, 5) is 21.9. The molecule has 3 aromatic heterocycles. The van der Waals surface area contributed by atoms with Crippen molar-refractivity contribution in [3.05, 3.63) is 49.0 Å². The smallest absolute Gasteiger partial charge is 0.260 e. The largest absolute Gasteiger partial charge is 0.305 e. The Kier molecular flexibility index (Phi) is 3.60. The number of aromatic amines is 1. The number of nitrogens with one attached hydrogen (secondary N) is 1. The Hall–Kier alpha value is -2.23. The molecular formula is C17H13N3OS2. The van der Waals surface area contributed by atoms with E-state index < -0.39 is 0 Å². The Labute approximate surface area is 140 Å². The monoisotopic (exact) mass is 339 g/mol. The fourth-order valence-corrected chi connectivity index (χ4v) is 4.85. The van der Waals surface area contributed by atoms with Gasteiger partial charge in [0.05, 0.1) is 11.0 Å². The quantitative estimate of drug-likeness (QED) is 0.718. The Morgan fingerprint density at radius 1 is 1.39 bits per heavy atom. The van der Waals surface area contributed by atoms with Gasteiger partial charge in [0.25, 0.3) is 5.56 Å². The van der Waals surface area contributed by atoms with Crippen LogP contribution in [0.15, 0.2) is 21.6 Å². The highest BCUT2D eigenvalue weighted by Gasteiger charge is 2.20. The lowest BCUT2D eigenvalue weighted by Gasteiger charge is -2.09. The van der Waals surface area contributed by atoms with Crippen LogP contribution >= 0.6 is 22.7 Å². The van der Waals surface area contributed by atoms with Gasteiger partial charge in [-0.05, 0) is 59.7 Å². The number of hydrogen-bond acceptors (Lipinski definition) is 5. The first kappa shape index (κ1) is 14.4. The zero-order valence-electron chi connectivity index (χ0n) is 12.3. The predicted octanol–water partition coefficient (Wildman–Crippen LogP) is 3.99. The van der Waals surface area contributed by atoms with Crippen LogP contribution in [0, 0.1) is 11.3 Å². The fraction of sp³-hybridized carbons (Fsp3) is 0.235. The molecule has 0 radical (unpaired) electrons. The SMILES string of the molecule is N#C/C(=C\c1ccsc1)c1nc2sc3c(c2c(=O)[nH]1)CCCC3. The Morgan fingerprint density at radius 3 is 3.04 bits per heavy atom. The van der Waals surface area contributed by atoms with E-state index in [1.807, 2.05) is 16.8 Å². The van der Waals surface area contributed by atoms with Crippen molar-refractivity contribution in [1.82, 2.24) is 9.97 Å². The summed E-state index contributed by atoms with van der Waals surface area (Å²) >= 11 is 3.17. The zero-order chi connectivity index (χ0) is 15.8. The molecule has 0 bridgehead atoms. The fourth-order valence-electron chi connectivity index (χ4n) is 2.97. The Morgan fingerprint density at radius 2 is 2.26 bits per heavy atom. The first-order valence-electron chi connectivity index (χ1n) is 7.45. The van der Waals surface area contributed by atoms with Gasteiger partial charge in [-0.25, -0.2) is 4.98 Å². The maximum Gasteiger partial charge on any atom is 0.260 e. The summed E-state index contributed by atoms with van der Waals surface area (Å²) in [5.41, 5.74) is 2.36. The van der Waals surface area contributed by atoms with E-state index in [1.54, 1.807) is 28.7 Å². The second-order valence-electron chi connectivity index (χ2n) is 5.53. The molecule has 4 nitrogen and oxygen atoms in total. The molecule has 0 saturated carbocycles. The molecule has 0 aromatic carbocycles. The minimum Gasteiger partial charge on any atom is -0.305 e. The van der Waals surface area contributed by atoms with Gasteiger partial charge in [0.1, 0.15) is 10.9 Å². The molecular weight excluding hydrogens is 326 g/mol. The van der Waals surface area contributed by atoms with E-state index in [0.717, 1.165) is 40.6 Å². The van der Waals surface area contributed by atoms with Crippen LogP contribution in [-0.4, -0.2) is 9.97 Å². The van der Waals surface area contributed by atoms with Crippen molar-refractivity contribution in [2.24, 2.45) is 0 Å². The Balaban J connectivity index is 1.89. The molecule has 3 heterocycles.